The van der Waals surface area contributed by atoms with Crippen molar-refractivity contribution in [2.24, 2.45) is 5.73 Å². The van der Waals surface area contributed by atoms with Gasteiger partial charge in [-0.05, 0) is 19.1 Å². The number of methoxy groups -OCH3 is 1. The molecular weight excluding hydrogens is 230 g/mol. The zero-order chi connectivity index (χ0) is 13.5. The van der Waals surface area contributed by atoms with Crippen molar-refractivity contribution in [3.05, 3.63) is 41.7 Å². The van der Waals surface area contributed by atoms with Gasteiger partial charge in [-0.15, -0.1) is 0 Å². The smallest absolute Gasteiger partial charge is 0.273 e. The van der Waals surface area contributed by atoms with Gasteiger partial charge in [-0.3, -0.25) is 4.79 Å². The lowest BCUT2D eigenvalue weighted by molar-refractivity contribution is -0.113. The van der Waals surface area contributed by atoms with E-state index in [9.17, 15) is 4.79 Å². The molecule has 0 aliphatic rings. The van der Waals surface area contributed by atoms with E-state index in [2.05, 4.69) is 10.6 Å². The fourth-order valence-electron chi connectivity index (χ4n) is 1.52. The summed E-state index contributed by atoms with van der Waals surface area (Å²) in [6.45, 7) is 1.81. The average Bonchev–Trinajstić information content (AvgIpc) is 2.40. The molecule has 1 atom stereocenters. The van der Waals surface area contributed by atoms with E-state index in [1.165, 1.54) is 0 Å². The molecule has 98 valence electrons. The third-order valence-electron chi connectivity index (χ3n) is 2.60. The molecule has 1 aromatic rings. The quantitative estimate of drug-likeness (QED) is 0.682. The number of hydrogen-bond acceptors (Lipinski definition) is 4. The van der Waals surface area contributed by atoms with Crippen LogP contribution < -0.4 is 16.4 Å². The molecule has 0 fully saturated rings. The molecule has 0 radical (unpaired) electrons. The van der Waals surface area contributed by atoms with Gasteiger partial charge in [0.15, 0.2) is 0 Å². The average molecular weight is 249 g/mol. The van der Waals surface area contributed by atoms with Crippen LogP contribution in [-0.2, 0) is 9.53 Å². The van der Waals surface area contributed by atoms with Crippen LogP contribution in [-0.4, -0.2) is 26.2 Å². The van der Waals surface area contributed by atoms with Crippen molar-refractivity contribution in [3.8, 4) is 0 Å². The molecule has 1 amide bonds. The maximum Gasteiger partial charge on any atom is 0.273 e. The number of nitrogens with two attached hydrogens (primary N) is 1. The molecule has 0 spiro atoms. The molecule has 0 saturated carbocycles. The van der Waals surface area contributed by atoms with Gasteiger partial charge in [0.2, 0.25) is 0 Å². The van der Waals surface area contributed by atoms with Gasteiger partial charge < -0.3 is 21.1 Å². The zero-order valence-electron chi connectivity index (χ0n) is 10.9. The predicted molar refractivity (Wildman–Crippen MR) is 71.8 cm³/mol. The molecule has 0 aliphatic carbocycles. The highest BCUT2D eigenvalue weighted by Crippen LogP contribution is 2.09. The number of carbonyl (C=O) groups excluding carboxylic acids is 1. The molecule has 0 bridgehead atoms. The van der Waals surface area contributed by atoms with Crippen LogP contribution in [0.5, 0.6) is 0 Å². The first-order valence-corrected chi connectivity index (χ1v) is 5.66. The van der Waals surface area contributed by atoms with E-state index in [0.717, 1.165) is 0 Å². The van der Waals surface area contributed by atoms with Gasteiger partial charge in [0.25, 0.3) is 5.91 Å². The monoisotopic (exact) mass is 249 g/mol. The molecule has 0 heterocycles. The summed E-state index contributed by atoms with van der Waals surface area (Å²) in [6.07, 6.45) is -0.267. The summed E-state index contributed by atoms with van der Waals surface area (Å²) in [5.74, 6) is -0.352. The van der Waals surface area contributed by atoms with E-state index in [-0.39, 0.29) is 17.7 Å². The summed E-state index contributed by atoms with van der Waals surface area (Å²) < 4.78 is 5.14. The fourth-order valence-corrected chi connectivity index (χ4v) is 1.52. The van der Waals surface area contributed by atoms with E-state index in [0.29, 0.717) is 11.4 Å². The normalized spacial score (nSPS) is 13.5. The number of rotatable bonds is 5. The number of para-hydroxylation sites is 1. The lowest BCUT2D eigenvalue weighted by atomic mass is 10.2. The standard InChI is InChI=1S/C13H19N3O2/c1-9(18-3)12(15-2)11(14)13(17)16-10-7-5-4-6-8-10/h4-9,15H,14H2,1-3H3,(H,16,17)/b12-11+/t9-/m1/s1. The van der Waals surface area contributed by atoms with Crippen LogP contribution in [0, 0.1) is 0 Å². The topological polar surface area (TPSA) is 76.4 Å². The highest BCUT2D eigenvalue weighted by Gasteiger charge is 2.16. The Morgan fingerprint density at radius 2 is 1.94 bits per heavy atom. The lowest BCUT2D eigenvalue weighted by Gasteiger charge is -2.17. The maximum absolute atomic E-state index is 11.9. The summed E-state index contributed by atoms with van der Waals surface area (Å²) in [6, 6.07) is 9.15. The second kappa shape index (κ2) is 6.66. The van der Waals surface area contributed by atoms with E-state index in [1.54, 1.807) is 26.3 Å². The summed E-state index contributed by atoms with van der Waals surface area (Å²) in [4.78, 5) is 11.9. The van der Waals surface area contributed by atoms with Crippen LogP contribution in [0.15, 0.2) is 41.7 Å². The van der Waals surface area contributed by atoms with Gasteiger partial charge in [0.1, 0.15) is 5.70 Å². The number of likely N-dealkylation sites (N-methyl/N-ethyl adjacent to an activating group) is 1. The number of benzene rings is 1. The Kier molecular flexibility index (Phi) is 5.20. The third kappa shape index (κ3) is 3.49. The number of nitrogens with one attached hydrogen (secondary N) is 2. The Morgan fingerprint density at radius 1 is 1.33 bits per heavy atom. The molecule has 0 aliphatic heterocycles. The van der Waals surface area contributed by atoms with Crippen molar-refractivity contribution in [2.45, 2.75) is 13.0 Å². The molecule has 1 aromatic carbocycles. The van der Waals surface area contributed by atoms with Crippen LogP contribution in [0.1, 0.15) is 6.92 Å². The Bertz CT molecular complexity index is 429. The SMILES string of the molecule is CN/C(=C(/N)C(=O)Nc1ccccc1)[C@@H](C)OC. The molecule has 0 saturated heterocycles. The molecule has 5 nitrogen and oxygen atoms in total. The van der Waals surface area contributed by atoms with Crippen LogP contribution in [0.3, 0.4) is 0 Å². The van der Waals surface area contributed by atoms with Gasteiger partial charge >= 0.3 is 0 Å². The first kappa shape index (κ1) is 14.1. The Morgan fingerprint density at radius 3 is 2.44 bits per heavy atom. The number of anilines is 1. The Hall–Kier alpha value is -2.01. The highest BCUT2D eigenvalue weighted by molar-refractivity contribution is 6.03. The van der Waals surface area contributed by atoms with Crippen LogP contribution in [0.25, 0.3) is 0 Å². The van der Waals surface area contributed by atoms with Gasteiger partial charge in [0, 0.05) is 19.8 Å². The van der Waals surface area contributed by atoms with Crippen LogP contribution in [0.4, 0.5) is 5.69 Å². The zero-order valence-corrected chi connectivity index (χ0v) is 10.9. The second-order valence-corrected chi connectivity index (χ2v) is 3.78. The number of carbonyl (C=O) groups is 1. The van der Waals surface area contributed by atoms with E-state index in [4.69, 9.17) is 10.5 Å². The molecule has 4 N–H and O–H groups in total. The largest absolute Gasteiger partial charge is 0.393 e. The molecule has 5 heteroatoms. The maximum atomic E-state index is 11.9. The molecule has 0 unspecified atom stereocenters. The second-order valence-electron chi connectivity index (χ2n) is 3.78. The van der Waals surface area contributed by atoms with E-state index in [1.807, 2.05) is 25.1 Å². The fraction of sp³-hybridized carbons (Fsp3) is 0.308. The highest BCUT2D eigenvalue weighted by atomic mass is 16.5. The van der Waals surface area contributed by atoms with Crippen molar-refractivity contribution in [3.63, 3.8) is 0 Å². The first-order valence-electron chi connectivity index (χ1n) is 5.66. The van der Waals surface area contributed by atoms with Crippen molar-refractivity contribution in [1.82, 2.24) is 5.32 Å². The summed E-state index contributed by atoms with van der Waals surface area (Å²) in [5, 5.41) is 5.61. The van der Waals surface area contributed by atoms with Gasteiger partial charge in [-0.1, -0.05) is 18.2 Å². The van der Waals surface area contributed by atoms with Gasteiger partial charge in [-0.25, -0.2) is 0 Å². The molecule has 1 rings (SSSR count). The summed E-state index contributed by atoms with van der Waals surface area (Å²) >= 11 is 0. The van der Waals surface area contributed by atoms with Gasteiger partial charge in [-0.2, -0.15) is 0 Å². The summed E-state index contributed by atoms with van der Waals surface area (Å²) in [5.41, 5.74) is 7.20. The number of amides is 1. The van der Waals surface area contributed by atoms with Crippen molar-refractivity contribution >= 4 is 11.6 Å². The van der Waals surface area contributed by atoms with Crippen LogP contribution >= 0.6 is 0 Å². The van der Waals surface area contributed by atoms with E-state index < -0.39 is 0 Å². The van der Waals surface area contributed by atoms with Gasteiger partial charge in [0.05, 0.1) is 11.8 Å². The minimum absolute atomic E-state index is 0.121. The molecular formula is C13H19N3O2. The Balaban J connectivity index is 2.85. The number of ether oxygens (including phenoxy) is 1. The predicted octanol–water partition coefficient (Wildman–Crippen LogP) is 1.05. The molecule has 18 heavy (non-hydrogen) atoms. The lowest BCUT2D eigenvalue weighted by Crippen LogP contribution is -2.31. The Labute approximate surface area is 107 Å². The van der Waals surface area contributed by atoms with Crippen molar-refractivity contribution in [1.29, 1.82) is 0 Å². The van der Waals surface area contributed by atoms with Crippen molar-refractivity contribution < 1.29 is 9.53 Å². The molecule has 0 aromatic heterocycles. The third-order valence-corrected chi connectivity index (χ3v) is 2.60. The summed E-state index contributed by atoms with van der Waals surface area (Å²) in [7, 11) is 3.26. The van der Waals surface area contributed by atoms with Crippen molar-refractivity contribution in [2.75, 3.05) is 19.5 Å². The number of hydrogen-bond donors (Lipinski definition) is 3. The minimum atomic E-state index is -0.352. The van der Waals surface area contributed by atoms with Crippen LogP contribution in [0.2, 0.25) is 0 Å². The first-order chi connectivity index (χ1) is 8.60. The minimum Gasteiger partial charge on any atom is -0.393 e. The van der Waals surface area contributed by atoms with E-state index >= 15 is 0 Å².